The van der Waals surface area contributed by atoms with Crippen LogP contribution in [-0.4, -0.2) is 40.1 Å². The van der Waals surface area contributed by atoms with E-state index in [0.717, 1.165) is 22.7 Å². The van der Waals surface area contributed by atoms with E-state index in [9.17, 15) is 13.2 Å². The topological polar surface area (TPSA) is 75.7 Å². The zero-order valence-corrected chi connectivity index (χ0v) is 19.3. The first-order valence-electron chi connectivity index (χ1n) is 10.6. The molecule has 0 radical (unpaired) electrons. The van der Waals surface area contributed by atoms with Crippen LogP contribution in [-0.2, 0) is 19.6 Å². The molecule has 0 bridgehead atoms. The minimum absolute atomic E-state index is 0.0814. The number of benzene rings is 2. The molecule has 31 heavy (non-hydrogen) atoms. The number of ether oxygens (including phenoxy) is 1. The highest BCUT2D eigenvalue weighted by molar-refractivity contribution is 7.92. The lowest BCUT2D eigenvalue weighted by molar-refractivity contribution is -0.119. The van der Waals surface area contributed by atoms with Gasteiger partial charge in [0.05, 0.1) is 16.7 Å². The number of hydrogen-bond acceptors (Lipinski definition) is 4. The highest BCUT2D eigenvalue weighted by Crippen LogP contribution is 2.27. The molecule has 0 heterocycles. The third-order valence-electron chi connectivity index (χ3n) is 5.37. The highest BCUT2D eigenvalue weighted by atomic mass is 35.5. The van der Waals surface area contributed by atoms with Gasteiger partial charge in [0, 0.05) is 18.2 Å². The molecule has 0 spiro atoms. The number of halogens is 1. The van der Waals surface area contributed by atoms with Crippen molar-refractivity contribution in [1.29, 1.82) is 0 Å². The first kappa shape index (κ1) is 23.6. The van der Waals surface area contributed by atoms with Crippen LogP contribution < -0.4 is 9.62 Å². The van der Waals surface area contributed by atoms with E-state index in [0.29, 0.717) is 36.4 Å². The Balaban J connectivity index is 1.66. The molecule has 3 rings (SSSR count). The maximum atomic E-state index is 13.3. The number of sulfonamides is 1. The van der Waals surface area contributed by atoms with Crippen molar-refractivity contribution in [1.82, 2.24) is 5.32 Å². The molecule has 1 fully saturated rings. The summed E-state index contributed by atoms with van der Waals surface area (Å²) in [6.45, 7) is 2.54. The van der Waals surface area contributed by atoms with Gasteiger partial charge in [-0.2, -0.15) is 0 Å². The summed E-state index contributed by atoms with van der Waals surface area (Å²) in [5.41, 5.74) is 1.23. The third-order valence-corrected chi connectivity index (χ3v) is 7.40. The number of rotatable bonds is 10. The Morgan fingerprint density at radius 2 is 1.81 bits per heavy atom. The molecule has 1 aliphatic rings. The fourth-order valence-electron chi connectivity index (χ4n) is 3.67. The van der Waals surface area contributed by atoms with Crippen molar-refractivity contribution in [2.24, 2.45) is 0 Å². The Morgan fingerprint density at radius 1 is 1.13 bits per heavy atom. The zero-order chi connectivity index (χ0) is 22.3. The van der Waals surface area contributed by atoms with Gasteiger partial charge in [0.1, 0.15) is 6.54 Å². The Morgan fingerprint density at radius 3 is 2.48 bits per heavy atom. The third kappa shape index (κ3) is 6.45. The normalized spacial score (nSPS) is 14.5. The number of para-hydroxylation sites is 1. The molecule has 6 nitrogen and oxygen atoms in total. The lowest BCUT2D eigenvalue weighted by atomic mass is 10.2. The molecule has 1 aliphatic carbocycles. The monoisotopic (exact) mass is 464 g/mol. The lowest BCUT2D eigenvalue weighted by Crippen LogP contribution is -2.41. The zero-order valence-electron chi connectivity index (χ0n) is 17.7. The molecule has 0 atom stereocenters. The number of aryl methyl sites for hydroxylation is 1. The molecule has 8 heteroatoms. The summed E-state index contributed by atoms with van der Waals surface area (Å²) in [6.07, 6.45) is 5.70. The van der Waals surface area contributed by atoms with E-state index in [1.54, 1.807) is 12.1 Å². The quantitative estimate of drug-likeness (QED) is 0.531. The van der Waals surface area contributed by atoms with Crippen molar-refractivity contribution in [3.05, 3.63) is 59.1 Å². The number of hydrogen-bond donors (Lipinski definition) is 1. The summed E-state index contributed by atoms with van der Waals surface area (Å²) >= 11 is 5.91. The Labute approximate surface area is 189 Å². The molecule has 1 saturated carbocycles. The fraction of sp³-hybridized carbons (Fsp3) is 0.435. The standard InChI is InChI=1S/C23H29ClN2O4S/c1-18-7-2-5-10-22(18)26(31(28,29)21-13-11-19(24)12-14-21)17-23(27)25-15-6-16-30-20-8-3-4-9-20/h2,5,7,10-14,20H,3-4,6,8-9,15-17H2,1H3,(H,25,27). The van der Waals surface area contributed by atoms with Crippen LogP contribution in [0.2, 0.25) is 5.02 Å². The molecule has 0 unspecified atom stereocenters. The van der Waals surface area contributed by atoms with Gasteiger partial charge in [-0.3, -0.25) is 9.10 Å². The van der Waals surface area contributed by atoms with Gasteiger partial charge in [-0.05, 0) is 62.1 Å². The van der Waals surface area contributed by atoms with E-state index in [4.69, 9.17) is 16.3 Å². The first-order valence-corrected chi connectivity index (χ1v) is 12.4. The van der Waals surface area contributed by atoms with Crippen molar-refractivity contribution >= 4 is 33.2 Å². The van der Waals surface area contributed by atoms with Gasteiger partial charge in [-0.25, -0.2) is 8.42 Å². The van der Waals surface area contributed by atoms with Crippen LogP contribution >= 0.6 is 11.6 Å². The van der Waals surface area contributed by atoms with Crippen LogP contribution in [0.1, 0.15) is 37.7 Å². The number of nitrogens with zero attached hydrogens (tertiary/aromatic N) is 1. The molecule has 0 saturated heterocycles. The van der Waals surface area contributed by atoms with Crippen LogP contribution in [0.5, 0.6) is 0 Å². The summed E-state index contributed by atoms with van der Waals surface area (Å²) in [6, 6.07) is 13.0. The molecule has 0 aromatic heterocycles. The van der Waals surface area contributed by atoms with E-state index in [1.165, 1.54) is 37.1 Å². The number of carbonyl (C=O) groups excluding carboxylic acids is 1. The van der Waals surface area contributed by atoms with Gasteiger partial charge < -0.3 is 10.1 Å². The van der Waals surface area contributed by atoms with Crippen molar-refractivity contribution in [2.75, 3.05) is 24.0 Å². The summed E-state index contributed by atoms with van der Waals surface area (Å²) in [5.74, 6) is -0.360. The van der Waals surface area contributed by atoms with E-state index in [-0.39, 0.29) is 17.3 Å². The number of nitrogens with one attached hydrogen (secondary N) is 1. The molecule has 2 aromatic carbocycles. The first-order chi connectivity index (χ1) is 14.9. The maximum Gasteiger partial charge on any atom is 0.264 e. The predicted molar refractivity (Wildman–Crippen MR) is 123 cm³/mol. The van der Waals surface area contributed by atoms with Crippen molar-refractivity contribution in [2.45, 2.75) is 50.0 Å². The summed E-state index contributed by atoms with van der Waals surface area (Å²) in [5, 5.41) is 3.26. The average Bonchev–Trinajstić information content (AvgIpc) is 3.26. The van der Waals surface area contributed by atoms with Crippen LogP contribution in [0.15, 0.2) is 53.4 Å². The smallest absolute Gasteiger partial charge is 0.264 e. The maximum absolute atomic E-state index is 13.3. The second kappa shape index (κ2) is 11.0. The van der Waals surface area contributed by atoms with E-state index < -0.39 is 10.0 Å². The second-order valence-corrected chi connectivity index (χ2v) is 10.0. The largest absolute Gasteiger partial charge is 0.378 e. The van der Waals surface area contributed by atoms with E-state index in [1.807, 2.05) is 19.1 Å². The Kier molecular flexibility index (Phi) is 8.35. The number of carbonyl (C=O) groups is 1. The summed E-state index contributed by atoms with van der Waals surface area (Å²) < 4.78 is 33.6. The van der Waals surface area contributed by atoms with Crippen LogP contribution in [0.3, 0.4) is 0 Å². The summed E-state index contributed by atoms with van der Waals surface area (Å²) in [7, 11) is -3.95. The number of amides is 1. The predicted octanol–water partition coefficient (Wildman–Crippen LogP) is 4.31. The summed E-state index contributed by atoms with van der Waals surface area (Å²) in [4.78, 5) is 12.7. The Hall–Kier alpha value is -2.09. The van der Waals surface area contributed by atoms with Gasteiger partial charge in [0.2, 0.25) is 5.91 Å². The van der Waals surface area contributed by atoms with Gasteiger partial charge in [-0.15, -0.1) is 0 Å². The van der Waals surface area contributed by atoms with Crippen LogP contribution in [0.4, 0.5) is 5.69 Å². The van der Waals surface area contributed by atoms with Gasteiger partial charge in [0.15, 0.2) is 0 Å². The van der Waals surface area contributed by atoms with Gasteiger partial charge >= 0.3 is 0 Å². The van der Waals surface area contributed by atoms with E-state index >= 15 is 0 Å². The molecule has 168 valence electrons. The minimum Gasteiger partial charge on any atom is -0.378 e. The van der Waals surface area contributed by atoms with Crippen LogP contribution in [0.25, 0.3) is 0 Å². The van der Waals surface area contributed by atoms with Gasteiger partial charge in [0.25, 0.3) is 10.0 Å². The average molecular weight is 465 g/mol. The SMILES string of the molecule is Cc1ccccc1N(CC(=O)NCCCOC1CCCC1)S(=O)(=O)c1ccc(Cl)cc1. The number of anilines is 1. The van der Waals surface area contributed by atoms with Crippen molar-refractivity contribution in [3.63, 3.8) is 0 Å². The highest BCUT2D eigenvalue weighted by Gasteiger charge is 2.28. The molecular weight excluding hydrogens is 436 g/mol. The Bertz CT molecular complexity index is 973. The van der Waals surface area contributed by atoms with E-state index in [2.05, 4.69) is 5.32 Å². The molecule has 1 N–H and O–H groups in total. The van der Waals surface area contributed by atoms with Crippen molar-refractivity contribution in [3.8, 4) is 0 Å². The lowest BCUT2D eigenvalue weighted by Gasteiger charge is -2.25. The fourth-order valence-corrected chi connectivity index (χ4v) is 5.28. The minimum atomic E-state index is -3.95. The molecule has 1 amide bonds. The van der Waals surface area contributed by atoms with Crippen LogP contribution in [0, 0.1) is 6.92 Å². The van der Waals surface area contributed by atoms with Gasteiger partial charge in [-0.1, -0.05) is 42.6 Å². The second-order valence-electron chi connectivity index (χ2n) is 7.73. The molecule has 2 aromatic rings. The molecular formula is C23H29ClN2O4S. The van der Waals surface area contributed by atoms with Crippen molar-refractivity contribution < 1.29 is 17.9 Å². The molecule has 0 aliphatic heterocycles.